The predicted molar refractivity (Wildman–Crippen MR) is 64.1 cm³/mol. The minimum absolute atomic E-state index is 0.0107. The highest BCUT2D eigenvalue weighted by Crippen LogP contribution is 2.16. The standard InChI is InChI=1S/C12H24N2O2/c1-2-3-8-16-9-12(15)14-11-6-4-10(13)5-7-11/h10-11H,2-9,13H2,1H3,(H,14,15). The van der Waals surface area contributed by atoms with Crippen molar-refractivity contribution in [3.8, 4) is 0 Å². The fourth-order valence-corrected chi connectivity index (χ4v) is 1.94. The van der Waals surface area contributed by atoms with Gasteiger partial charge in [-0.1, -0.05) is 13.3 Å². The van der Waals surface area contributed by atoms with E-state index in [9.17, 15) is 4.79 Å². The number of hydrogen-bond donors (Lipinski definition) is 2. The lowest BCUT2D eigenvalue weighted by molar-refractivity contribution is -0.126. The van der Waals surface area contributed by atoms with Crippen LogP contribution in [0.3, 0.4) is 0 Å². The predicted octanol–water partition coefficient (Wildman–Crippen LogP) is 1.19. The van der Waals surface area contributed by atoms with Crippen LogP contribution >= 0.6 is 0 Å². The normalized spacial score (nSPS) is 25.4. The van der Waals surface area contributed by atoms with Crippen molar-refractivity contribution in [1.29, 1.82) is 0 Å². The highest BCUT2D eigenvalue weighted by atomic mass is 16.5. The number of unbranched alkanes of at least 4 members (excludes halogenated alkanes) is 1. The second kappa shape index (κ2) is 7.63. The Morgan fingerprint density at radius 2 is 2.06 bits per heavy atom. The van der Waals surface area contributed by atoms with Gasteiger partial charge in [-0.3, -0.25) is 4.79 Å². The summed E-state index contributed by atoms with van der Waals surface area (Å²) in [6.07, 6.45) is 6.15. The second-order valence-corrected chi connectivity index (χ2v) is 4.59. The Labute approximate surface area is 97.9 Å². The molecular formula is C12H24N2O2. The van der Waals surface area contributed by atoms with Gasteiger partial charge in [-0.2, -0.15) is 0 Å². The van der Waals surface area contributed by atoms with Crippen LogP contribution in [0.1, 0.15) is 45.4 Å². The Kier molecular flexibility index (Phi) is 6.42. The lowest BCUT2D eigenvalue weighted by atomic mass is 9.92. The van der Waals surface area contributed by atoms with E-state index in [1.165, 1.54) is 0 Å². The summed E-state index contributed by atoms with van der Waals surface area (Å²) in [5.41, 5.74) is 5.80. The first-order valence-corrected chi connectivity index (χ1v) is 6.35. The van der Waals surface area contributed by atoms with Crippen LogP contribution in [-0.4, -0.2) is 31.2 Å². The molecule has 0 aliphatic heterocycles. The van der Waals surface area contributed by atoms with E-state index in [1.54, 1.807) is 0 Å². The van der Waals surface area contributed by atoms with Gasteiger partial charge in [0.1, 0.15) is 6.61 Å². The number of nitrogens with two attached hydrogens (primary N) is 1. The molecule has 0 bridgehead atoms. The third kappa shape index (κ3) is 5.47. The molecule has 1 fully saturated rings. The van der Waals surface area contributed by atoms with Gasteiger partial charge in [-0.15, -0.1) is 0 Å². The molecule has 0 radical (unpaired) electrons. The van der Waals surface area contributed by atoms with Crippen LogP contribution in [0.5, 0.6) is 0 Å². The molecule has 0 heterocycles. The van der Waals surface area contributed by atoms with Crippen molar-refractivity contribution in [3.05, 3.63) is 0 Å². The third-order valence-electron chi connectivity index (χ3n) is 3.01. The first-order chi connectivity index (χ1) is 7.72. The summed E-state index contributed by atoms with van der Waals surface area (Å²) in [6, 6.07) is 0.635. The van der Waals surface area contributed by atoms with Crippen molar-refractivity contribution >= 4 is 5.91 Å². The van der Waals surface area contributed by atoms with Crippen LogP contribution in [0.2, 0.25) is 0 Å². The topological polar surface area (TPSA) is 64.3 Å². The second-order valence-electron chi connectivity index (χ2n) is 4.59. The van der Waals surface area contributed by atoms with Gasteiger partial charge < -0.3 is 15.8 Å². The molecule has 0 aromatic rings. The average Bonchev–Trinajstić information content (AvgIpc) is 2.28. The molecule has 16 heavy (non-hydrogen) atoms. The van der Waals surface area contributed by atoms with Crippen LogP contribution in [0.25, 0.3) is 0 Å². The van der Waals surface area contributed by atoms with E-state index < -0.39 is 0 Å². The summed E-state index contributed by atoms with van der Waals surface area (Å²) in [7, 11) is 0. The van der Waals surface area contributed by atoms with E-state index in [1.807, 2.05) is 0 Å². The first kappa shape index (κ1) is 13.5. The van der Waals surface area contributed by atoms with Crippen molar-refractivity contribution in [2.75, 3.05) is 13.2 Å². The van der Waals surface area contributed by atoms with E-state index in [0.29, 0.717) is 18.7 Å². The van der Waals surface area contributed by atoms with Crippen LogP contribution in [-0.2, 0) is 9.53 Å². The Morgan fingerprint density at radius 1 is 1.38 bits per heavy atom. The molecule has 0 atom stereocenters. The number of carbonyl (C=O) groups excluding carboxylic acids is 1. The zero-order valence-electron chi connectivity index (χ0n) is 10.2. The first-order valence-electron chi connectivity index (χ1n) is 6.35. The molecule has 1 aliphatic carbocycles. The average molecular weight is 228 g/mol. The summed E-state index contributed by atoms with van der Waals surface area (Å²) in [5.74, 6) is 0.0107. The minimum Gasteiger partial charge on any atom is -0.372 e. The summed E-state index contributed by atoms with van der Waals surface area (Å²) in [5, 5.41) is 3.00. The van der Waals surface area contributed by atoms with Gasteiger partial charge in [0.15, 0.2) is 0 Å². The van der Waals surface area contributed by atoms with Crippen LogP contribution in [0.4, 0.5) is 0 Å². The van der Waals surface area contributed by atoms with Crippen LogP contribution in [0.15, 0.2) is 0 Å². The monoisotopic (exact) mass is 228 g/mol. The Bertz CT molecular complexity index is 201. The lowest BCUT2D eigenvalue weighted by Crippen LogP contribution is -2.41. The van der Waals surface area contributed by atoms with E-state index in [0.717, 1.165) is 38.5 Å². The van der Waals surface area contributed by atoms with Gasteiger partial charge >= 0.3 is 0 Å². The number of ether oxygens (including phenoxy) is 1. The van der Waals surface area contributed by atoms with E-state index in [-0.39, 0.29) is 12.5 Å². The van der Waals surface area contributed by atoms with E-state index in [2.05, 4.69) is 12.2 Å². The van der Waals surface area contributed by atoms with Gasteiger partial charge in [0.25, 0.3) is 0 Å². The number of amides is 1. The summed E-state index contributed by atoms with van der Waals surface area (Å²) < 4.78 is 5.26. The Morgan fingerprint density at radius 3 is 2.69 bits per heavy atom. The number of carbonyl (C=O) groups is 1. The Balaban J connectivity index is 2.05. The van der Waals surface area contributed by atoms with Crippen molar-refractivity contribution in [3.63, 3.8) is 0 Å². The molecular weight excluding hydrogens is 204 g/mol. The fraction of sp³-hybridized carbons (Fsp3) is 0.917. The van der Waals surface area contributed by atoms with Gasteiger partial charge in [0.05, 0.1) is 0 Å². The number of nitrogens with one attached hydrogen (secondary N) is 1. The molecule has 0 spiro atoms. The molecule has 1 aliphatic rings. The van der Waals surface area contributed by atoms with Crippen molar-refractivity contribution < 1.29 is 9.53 Å². The highest BCUT2D eigenvalue weighted by molar-refractivity contribution is 5.77. The Hall–Kier alpha value is -0.610. The molecule has 1 saturated carbocycles. The summed E-state index contributed by atoms with van der Waals surface area (Å²) in [4.78, 5) is 11.5. The minimum atomic E-state index is 0.0107. The molecule has 4 nitrogen and oxygen atoms in total. The number of hydrogen-bond acceptors (Lipinski definition) is 3. The SMILES string of the molecule is CCCCOCC(=O)NC1CCC(N)CC1. The van der Waals surface area contributed by atoms with Crippen LogP contribution in [0, 0.1) is 0 Å². The highest BCUT2D eigenvalue weighted by Gasteiger charge is 2.19. The van der Waals surface area contributed by atoms with Gasteiger partial charge in [0, 0.05) is 18.7 Å². The molecule has 4 heteroatoms. The third-order valence-corrected chi connectivity index (χ3v) is 3.01. The van der Waals surface area contributed by atoms with Gasteiger partial charge in [-0.05, 0) is 32.1 Å². The molecule has 1 rings (SSSR count). The summed E-state index contributed by atoms with van der Waals surface area (Å²) in [6.45, 7) is 2.98. The zero-order valence-corrected chi connectivity index (χ0v) is 10.2. The molecule has 3 N–H and O–H groups in total. The molecule has 0 aromatic carbocycles. The molecule has 0 unspecified atom stereocenters. The van der Waals surface area contributed by atoms with Gasteiger partial charge in [-0.25, -0.2) is 0 Å². The lowest BCUT2D eigenvalue weighted by Gasteiger charge is -2.26. The summed E-state index contributed by atoms with van der Waals surface area (Å²) >= 11 is 0. The molecule has 1 amide bonds. The van der Waals surface area contributed by atoms with Gasteiger partial charge in [0.2, 0.25) is 5.91 Å². The molecule has 0 saturated heterocycles. The van der Waals surface area contributed by atoms with E-state index in [4.69, 9.17) is 10.5 Å². The maximum Gasteiger partial charge on any atom is 0.246 e. The molecule has 0 aromatic heterocycles. The van der Waals surface area contributed by atoms with E-state index >= 15 is 0 Å². The maximum absolute atomic E-state index is 11.5. The molecule has 94 valence electrons. The zero-order chi connectivity index (χ0) is 11.8. The fourth-order valence-electron chi connectivity index (χ4n) is 1.94. The quantitative estimate of drug-likeness (QED) is 0.671. The number of rotatable bonds is 6. The van der Waals surface area contributed by atoms with Crippen molar-refractivity contribution in [1.82, 2.24) is 5.32 Å². The van der Waals surface area contributed by atoms with Crippen LogP contribution < -0.4 is 11.1 Å². The largest absolute Gasteiger partial charge is 0.372 e. The van der Waals surface area contributed by atoms with Crippen molar-refractivity contribution in [2.24, 2.45) is 5.73 Å². The maximum atomic E-state index is 11.5. The smallest absolute Gasteiger partial charge is 0.246 e. The van der Waals surface area contributed by atoms with Crippen molar-refractivity contribution in [2.45, 2.75) is 57.5 Å².